The predicted molar refractivity (Wildman–Crippen MR) is 84.3 cm³/mol. The van der Waals surface area contributed by atoms with Gasteiger partial charge in [-0.1, -0.05) is 11.8 Å². The second kappa shape index (κ2) is 7.73. The van der Waals surface area contributed by atoms with E-state index in [1.807, 2.05) is 6.92 Å². The van der Waals surface area contributed by atoms with Gasteiger partial charge in [0.1, 0.15) is 11.6 Å². The van der Waals surface area contributed by atoms with E-state index in [-0.39, 0.29) is 23.9 Å². The Morgan fingerprint density at radius 1 is 1.30 bits per heavy atom. The Labute approximate surface area is 136 Å². The van der Waals surface area contributed by atoms with Crippen LogP contribution in [-0.2, 0) is 22.6 Å². The van der Waals surface area contributed by atoms with Crippen LogP contribution >= 0.6 is 11.8 Å². The molecule has 0 saturated carbocycles. The fourth-order valence-corrected chi connectivity index (χ4v) is 2.65. The van der Waals surface area contributed by atoms with Crippen LogP contribution in [0.3, 0.4) is 0 Å². The summed E-state index contributed by atoms with van der Waals surface area (Å²) < 4.78 is 14.6. The Hall–Kier alpha value is -2.42. The lowest BCUT2D eigenvalue weighted by molar-refractivity contribution is -0.116. The van der Waals surface area contributed by atoms with Gasteiger partial charge in [0.25, 0.3) is 0 Å². The first-order valence-electron chi connectivity index (χ1n) is 6.88. The molecule has 0 atom stereocenters. The third-order valence-corrected chi connectivity index (χ3v) is 3.89. The zero-order chi connectivity index (χ0) is 16.8. The zero-order valence-electron chi connectivity index (χ0n) is 12.5. The molecule has 9 heteroatoms. The highest BCUT2D eigenvalue weighted by molar-refractivity contribution is 7.99. The van der Waals surface area contributed by atoms with Crippen molar-refractivity contribution < 1.29 is 14.0 Å². The molecule has 1 aromatic heterocycles. The van der Waals surface area contributed by atoms with Crippen LogP contribution in [0.5, 0.6) is 0 Å². The monoisotopic (exact) mass is 337 g/mol. The van der Waals surface area contributed by atoms with Crippen LogP contribution in [0.2, 0.25) is 0 Å². The van der Waals surface area contributed by atoms with Crippen molar-refractivity contribution in [3.8, 4) is 0 Å². The van der Waals surface area contributed by atoms with Crippen molar-refractivity contribution in [2.45, 2.75) is 25.0 Å². The smallest absolute Gasteiger partial charge is 0.232 e. The van der Waals surface area contributed by atoms with Crippen LogP contribution in [0.25, 0.3) is 0 Å². The average Bonchev–Trinajstić information content (AvgIpc) is 2.89. The van der Waals surface area contributed by atoms with Crippen LogP contribution in [0.4, 0.5) is 10.1 Å². The number of thioether (sulfide) groups is 1. The summed E-state index contributed by atoms with van der Waals surface area (Å²) >= 11 is 1.17. The Morgan fingerprint density at radius 2 is 2.00 bits per heavy atom. The molecule has 0 unspecified atom stereocenters. The topological polar surface area (TPSA) is 103 Å². The van der Waals surface area contributed by atoms with Crippen LogP contribution in [0, 0.1) is 5.82 Å². The molecule has 2 rings (SSSR count). The number of nitrogens with zero attached hydrogens (tertiary/aromatic N) is 3. The normalized spacial score (nSPS) is 10.5. The van der Waals surface area contributed by atoms with Gasteiger partial charge >= 0.3 is 0 Å². The van der Waals surface area contributed by atoms with E-state index < -0.39 is 5.91 Å². The molecule has 0 aliphatic carbocycles. The Bertz CT molecular complexity index is 702. The lowest BCUT2D eigenvalue weighted by Gasteiger charge is -2.07. The standard InChI is InChI=1S/C14H16FN5O2S/c1-2-20-12(18-19-14(20)23-8-11(16)21)7-13(22)17-10-5-3-9(15)4-6-10/h3-6H,2,7-8H2,1H3,(H2,16,21)(H,17,22). The van der Waals surface area contributed by atoms with E-state index >= 15 is 0 Å². The minimum Gasteiger partial charge on any atom is -0.369 e. The number of hydrogen-bond donors (Lipinski definition) is 2. The first kappa shape index (κ1) is 16.9. The Morgan fingerprint density at radius 3 is 2.61 bits per heavy atom. The molecule has 122 valence electrons. The van der Waals surface area contributed by atoms with Gasteiger partial charge in [-0.2, -0.15) is 0 Å². The number of nitrogens with one attached hydrogen (secondary N) is 1. The van der Waals surface area contributed by atoms with Gasteiger partial charge in [0.05, 0.1) is 12.2 Å². The minimum absolute atomic E-state index is 0.0232. The Kier molecular flexibility index (Phi) is 5.69. The summed E-state index contributed by atoms with van der Waals surface area (Å²) in [6.07, 6.45) is 0.0232. The summed E-state index contributed by atoms with van der Waals surface area (Å²) in [6.45, 7) is 2.45. The number of amides is 2. The number of nitrogens with two attached hydrogens (primary N) is 1. The molecule has 2 amide bonds. The van der Waals surface area contributed by atoms with Crippen LogP contribution in [-0.4, -0.2) is 32.3 Å². The molecule has 1 aromatic carbocycles. The highest BCUT2D eigenvalue weighted by atomic mass is 32.2. The van der Waals surface area contributed by atoms with E-state index in [2.05, 4.69) is 15.5 Å². The molecule has 23 heavy (non-hydrogen) atoms. The van der Waals surface area contributed by atoms with E-state index in [1.54, 1.807) is 4.57 Å². The van der Waals surface area contributed by atoms with E-state index in [4.69, 9.17) is 5.73 Å². The van der Waals surface area contributed by atoms with E-state index in [0.29, 0.717) is 23.2 Å². The van der Waals surface area contributed by atoms with Gasteiger partial charge in [-0.05, 0) is 31.2 Å². The maximum absolute atomic E-state index is 12.8. The summed E-state index contributed by atoms with van der Waals surface area (Å²) in [5.41, 5.74) is 5.61. The molecule has 0 aliphatic rings. The number of carbonyl (C=O) groups is 2. The number of primary amides is 1. The molecule has 1 heterocycles. The summed E-state index contributed by atoms with van der Waals surface area (Å²) in [5, 5.41) is 11.1. The first-order valence-corrected chi connectivity index (χ1v) is 7.86. The van der Waals surface area contributed by atoms with Crippen LogP contribution in [0.1, 0.15) is 12.7 Å². The fourth-order valence-electron chi connectivity index (χ4n) is 1.89. The molecular formula is C14H16FN5O2S. The predicted octanol–water partition coefficient (Wildman–Crippen LogP) is 1.20. The van der Waals surface area contributed by atoms with E-state index in [9.17, 15) is 14.0 Å². The summed E-state index contributed by atoms with van der Waals surface area (Å²) in [6, 6.07) is 5.49. The van der Waals surface area contributed by atoms with Crippen molar-refractivity contribution in [3.63, 3.8) is 0 Å². The zero-order valence-corrected chi connectivity index (χ0v) is 13.3. The molecule has 0 spiro atoms. The number of anilines is 1. The summed E-state index contributed by atoms with van der Waals surface area (Å²) in [4.78, 5) is 22.9. The number of aromatic nitrogens is 3. The highest BCUT2D eigenvalue weighted by Gasteiger charge is 2.15. The molecule has 2 aromatic rings. The number of hydrogen-bond acceptors (Lipinski definition) is 5. The number of rotatable bonds is 7. The van der Waals surface area contributed by atoms with E-state index in [1.165, 1.54) is 36.0 Å². The third kappa shape index (κ3) is 4.78. The lowest BCUT2D eigenvalue weighted by Crippen LogP contribution is -2.18. The van der Waals surface area contributed by atoms with Crippen molar-refractivity contribution in [2.75, 3.05) is 11.1 Å². The van der Waals surface area contributed by atoms with Crippen molar-refractivity contribution in [1.82, 2.24) is 14.8 Å². The second-order valence-electron chi connectivity index (χ2n) is 4.63. The van der Waals surface area contributed by atoms with Crippen LogP contribution in [0.15, 0.2) is 29.4 Å². The van der Waals surface area contributed by atoms with Gasteiger partial charge in [-0.15, -0.1) is 10.2 Å². The molecule has 0 saturated heterocycles. The SMILES string of the molecule is CCn1c(CC(=O)Nc2ccc(F)cc2)nnc1SCC(N)=O. The average molecular weight is 337 g/mol. The quantitative estimate of drug-likeness (QED) is 0.739. The molecule has 0 radical (unpaired) electrons. The summed E-state index contributed by atoms with van der Waals surface area (Å²) in [5.74, 6) is -0.523. The number of halogens is 1. The summed E-state index contributed by atoms with van der Waals surface area (Å²) in [7, 11) is 0. The second-order valence-corrected chi connectivity index (χ2v) is 5.57. The van der Waals surface area contributed by atoms with Crippen molar-refractivity contribution >= 4 is 29.3 Å². The maximum atomic E-state index is 12.8. The lowest BCUT2D eigenvalue weighted by atomic mass is 10.3. The number of benzene rings is 1. The molecule has 0 aliphatic heterocycles. The van der Waals surface area contributed by atoms with Crippen molar-refractivity contribution in [2.24, 2.45) is 5.73 Å². The maximum Gasteiger partial charge on any atom is 0.232 e. The largest absolute Gasteiger partial charge is 0.369 e. The van der Waals surface area contributed by atoms with Gasteiger partial charge in [-0.25, -0.2) is 4.39 Å². The van der Waals surface area contributed by atoms with Gasteiger partial charge < -0.3 is 15.6 Å². The van der Waals surface area contributed by atoms with Gasteiger partial charge in [0, 0.05) is 12.2 Å². The molecule has 0 fully saturated rings. The van der Waals surface area contributed by atoms with E-state index in [0.717, 1.165) is 0 Å². The van der Waals surface area contributed by atoms with Gasteiger partial charge in [-0.3, -0.25) is 9.59 Å². The highest BCUT2D eigenvalue weighted by Crippen LogP contribution is 2.17. The molecule has 7 nitrogen and oxygen atoms in total. The Balaban J connectivity index is 2.02. The molecule has 3 N–H and O–H groups in total. The third-order valence-electron chi connectivity index (χ3n) is 2.90. The van der Waals surface area contributed by atoms with Gasteiger partial charge in [0.2, 0.25) is 11.8 Å². The van der Waals surface area contributed by atoms with Crippen LogP contribution < -0.4 is 11.1 Å². The molecule has 0 bridgehead atoms. The first-order chi connectivity index (χ1) is 11.0. The minimum atomic E-state index is -0.448. The molecular weight excluding hydrogens is 321 g/mol. The van der Waals surface area contributed by atoms with Crippen molar-refractivity contribution in [1.29, 1.82) is 0 Å². The fraction of sp³-hybridized carbons (Fsp3) is 0.286. The van der Waals surface area contributed by atoms with Crippen molar-refractivity contribution in [3.05, 3.63) is 35.9 Å². The number of carbonyl (C=O) groups excluding carboxylic acids is 2. The van der Waals surface area contributed by atoms with Gasteiger partial charge in [0.15, 0.2) is 5.16 Å².